The molecule has 1 saturated heterocycles. The van der Waals surface area contributed by atoms with Gasteiger partial charge in [0.2, 0.25) is 0 Å². The second-order valence-corrected chi connectivity index (χ2v) is 4.76. The third-order valence-electron chi connectivity index (χ3n) is 2.78. The first-order chi connectivity index (χ1) is 6.77. The number of aliphatic hydroxyl groups excluding tert-OH is 1. The van der Waals surface area contributed by atoms with Crippen molar-refractivity contribution in [3.05, 3.63) is 16.6 Å². The van der Waals surface area contributed by atoms with Crippen LogP contribution in [0.15, 0.2) is 11.6 Å². The van der Waals surface area contributed by atoms with Gasteiger partial charge in [0, 0.05) is 18.1 Å². The molecule has 2 heterocycles. The van der Waals surface area contributed by atoms with Crippen LogP contribution in [0.5, 0.6) is 0 Å². The van der Waals surface area contributed by atoms with Crippen molar-refractivity contribution < 1.29 is 5.11 Å². The number of thiazole rings is 1. The molecule has 78 valence electrons. The highest BCUT2D eigenvalue weighted by Crippen LogP contribution is 2.25. The van der Waals surface area contributed by atoms with Crippen molar-refractivity contribution in [2.75, 3.05) is 13.1 Å². The minimum atomic E-state index is -0.147. The summed E-state index contributed by atoms with van der Waals surface area (Å²) >= 11 is 1.69. The third-order valence-corrected chi connectivity index (χ3v) is 3.73. The summed E-state index contributed by atoms with van der Waals surface area (Å²) in [4.78, 5) is 6.62. The molecule has 1 aliphatic rings. The van der Waals surface area contributed by atoms with Crippen molar-refractivity contribution in [1.29, 1.82) is 0 Å². The zero-order valence-corrected chi connectivity index (χ0v) is 9.20. The summed E-state index contributed by atoms with van der Waals surface area (Å²) < 4.78 is 0. The molecule has 2 atom stereocenters. The van der Waals surface area contributed by atoms with Crippen LogP contribution in [-0.4, -0.2) is 34.2 Å². The Morgan fingerprint density at radius 1 is 1.71 bits per heavy atom. The first-order valence-electron chi connectivity index (χ1n) is 5.09. The number of hydrogen-bond acceptors (Lipinski definition) is 4. The van der Waals surface area contributed by atoms with E-state index in [1.807, 2.05) is 11.6 Å². The summed E-state index contributed by atoms with van der Waals surface area (Å²) in [7, 11) is 0. The van der Waals surface area contributed by atoms with E-state index in [1.54, 1.807) is 11.3 Å². The molecule has 1 fully saturated rings. The lowest BCUT2D eigenvalue weighted by molar-refractivity contribution is 0.0503. The maximum absolute atomic E-state index is 9.57. The van der Waals surface area contributed by atoms with Gasteiger partial charge in [0.25, 0.3) is 0 Å². The van der Waals surface area contributed by atoms with E-state index in [4.69, 9.17) is 0 Å². The number of β-amino-alcohol motifs (C(OH)–C–C–N with tert-alkyl or cyclic N) is 1. The highest BCUT2D eigenvalue weighted by molar-refractivity contribution is 7.09. The fourth-order valence-electron chi connectivity index (χ4n) is 1.93. The molecule has 1 aromatic heterocycles. The van der Waals surface area contributed by atoms with Gasteiger partial charge < -0.3 is 5.11 Å². The molecule has 0 radical (unpaired) electrons. The molecule has 0 saturated carbocycles. The van der Waals surface area contributed by atoms with Crippen molar-refractivity contribution in [2.45, 2.75) is 31.9 Å². The third kappa shape index (κ3) is 2.13. The highest BCUT2D eigenvalue weighted by Gasteiger charge is 2.23. The fraction of sp³-hybridized carbons (Fsp3) is 0.700. The van der Waals surface area contributed by atoms with Crippen LogP contribution in [-0.2, 0) is 0 Å². The number of aromatic nitrogens is 1. The molecule has 0 bridgehead atoms. The lowest BCUT2D eigenvalue weighted by Gasteiger charge is -2.33. The van der Waals surface area contributed by atoms with E-state index in [0.717, 1.165) is 30.9 Å². The van der Waals surface area contributed by atoms with E-state index in [1.165, 1.54) is 0 Å². The first kappa shape index (κ1) is 10.1. The van der Waals surface area contributed by atoms with Gasteiger partial charge in [-0.3, -0.25) is 4.90 Å². The standard InChI is InChI=1S/C10H16N2OS/c1-8(10-11-4-6-14-10)12-5-2-3-9(13)7-12/h4,6,8-9,13H,2-3,5,7H2,1H3/t8-,9+/m0/s1. The SMILES string of the molecule is C[C@@H](c1nccs1)N1CCC[C@@H](O)C1. The minimum Gasteiger partial charge on any atom is -0.392 e. The molecule has 1 aromatic rings. The van der Waals surface area contributed by atoms with Crippen LogP contribution in [0.25, 0.3) is 0 Å². The van der Waals surface area contributed by atoms with Crippen LogP contribution in [0.3, 0.4) is 0 Å². The maximum atomic E-state index is 9.57. The Labute approximate surface area is 88.4 Å². The Kier molecular flexibility index (Phi) is 3.15. The summed E-state index contributed by atoms with van der Waals surface area (Å²) in [6.07, 6.45) is 3.74. The van der Waals surface area contributed by atoms with E-state index in [-0.39, 0.29) is 6.10 Å². The molecule has 0 aliphatic carbocycles. The van der Waals surface area contributed by atoms with Crippen LogP contribution in [0, 0.1) is 0 Å². The van der Waals surface area contributed by atoms with Crippen molar-refractivity contribution in [2.24, 2.45) is 0 Å². The van der Waals surface area contributed by atoms with Gasteiger partial charge in [-0.15, -0.1) is 11.3 Å². The number of rotatable bonds is 2. The molecule has 0 aromatic carbocycles. The predicted octanol–water partition coefficient (Wildman–Crippen LogP) is 1.66. The Balaban J connectivity index is 2.00. The Hall–Kier alpha value is -0.450. The summed E-state index contributed by atoms with van der Waals surface area (Å²) in [6, 6.07) is 0.352. The van der Waals surface area contributed by atoms with Crippen molar-refractivity contribution in [3.8, 4) is 0 Å². The predicted molar refractivity (Wildman–Crippen MR) is 57.3 cm³/mol. The zero-order valence-electron chi connectivity index (χ0n) is 8.39. The largest absolute Gasteiger partial charge is 0.392 e. The molecule has 1 aliphatic heterocycles. The lowest BCUT2D eigenvalue weighted by atomic mass is 10.1. The molecular weight excluding hydrogens is 196 g/mol. The van der Waals surface area contributed by atoms with E-state index < -0.39 is 0 Å². The monoisotopic (exact) mass is 212 g/mol. The Morgan fingerprint density at radius 2 is 2.57 bits per heavy atom. The van der Waals surface area contributed by atoms with Gasteiger partial charge in [-0.25, -0.2) is 4.98 Å². The zero-order chi connectivity index (χ0) is 9.97. The number of nitrogens with zero attached hydrogens (tertiary/aromatic N) is 2. The molecule has 3 nitrogen and oxygen atoms in total. The average Bonchev–Trinajstić information content (AvgIpc) is 2.69. The summed E-state index contributed by atoms with van der Waals surface area (Å²) in [6.45, 7) is 4.04. The molecular formula is C10H16N2OS. The quantitative estimate of drug-likeness (QED) is 0.810. The lowest BCUT2D eigenvalue weighted by Crippen LogP contribution is -2.39. The summed E-state index contributed by atoms with van der Waals surface area (Å²) in [5, 5.41) is 12.7. The van der Waals surface area contributed by atoms with Gasteiger partial charge in [-0.1, -0.05) is 0 Å². The maximum Gasteiger partial charge on any atom is 0.109 e. The summed E-state index contributed by atoms with van der Waals surface area (Å²) in [5.74, 6) is 0. The van der Waals surface area contributed by atoms with E-state index in [0.29, 0.717) is 6.04 Å². The Bertz CT molecular complexity index is 276. The highest BCUT2D eigenvalue weighted by atomic mass is 32.1. The fourth-order valence-corrected chi connectivity index (χ4v) is 2.66. The first-order valence-corrected chi connectivity index (χ1v) is 5.97. The van der Waals surface area contributed by atoms with Crippen molar-refractivity contribution in [1.82, 2.24) is 9.88 Å². The van der Waals surface area contributed by atoms with Gasteiger partial charge in [0.15, 0.2) is 0 Å². The molecule has 1 N–H and O–H groups in total. The summed E-state index contributed by atoms with van der Waals surface area (Å²) in [5.41, 5.74) is 0. The van der Waals surface area contributed by atoms with E-state index >= 15 is 0 Å². The minimum absolute atomic E-state index is 0.147. The average molecular weight is 212 g/mol. The molecule has 0 spiro atoms. The van der Waals surface area contributed by atoms with Crippen LogP contribution >= 0.6 is 11.3 Å². The van der Waals surface area contributed by atoms with Gasteiger partial charge >= 0.3 is 0 Å². The van der Waals surface area contributed by atoms with Gasteiger partial charge in [-0.2, -0.15) is 0 Å². The molecule has 14 heavy (non-hydrogen) atoms. The van der Waals surface area contributed by atoms with Crippen LogP contribution in [0.2, 0.25) is 0 Å². The van der Waals surface area contributed by atoms with E-state index in [2.05, 4.69) is 16.8 Å². The number of likely N-dealkylation sites (tertiary alicyclic amines) is 1. The van der Waals surface area contributed by atoms with Crippen molar-refractivity contribution in [3.63, 3.8) is 0 Å². The van der Waals surface area contributed by atoms with Gasteiger partial charge in [0.1, 0.15) is 5.01 Å². The van der Waals surface area contributed by atoms with Crippen LogP contribution < -0.4 is 0 Å². The molecule has 0 amide bonds. The van der Waals surface area contributed by atoms with Gasteiger partial charge in [0.05, 0.1) is 12.1 Å². The number of hydrogen-bond donors (Lipinski definition) is 1. The number of aliphatic hydroxyl groups is 1. The number of piperidine rings is 1. The molecule has 0 unspecified atom stereocenters. The van der Waals surface area contributed by atoms with Crippen LogP contribution in [0.1, 0.15) is 30.8 Å². The smallest absolute Gasteiger partial charge is 0.109 e. The second-order valence-electron chi connectivity index (χ2n) is 3.84. The molecule has 2 rings (SSSR count). The Morgan fingerprint density at radius 3 is 3.21 bits per heavy atom. The molecule has 4 heteroatoms. The van der Waals surface area contributed by atoms with E-state index in [9.17, 15) is 5.11 Å². The topological polar surface area (TPSA) is 36.4 Å². The van der Waals surface area contributed by atoms with Crippen LogP contribution in [0.4, 0.5) is 0 Å². The van der Waals surface area contributed by atoms with Gasteiger partial charge in [-0.05, 0) is 26.3 Å². The normalized spacial score (nSPS) is 26.3. The van der Waals surface area contributed by atoms with Crippen molar-refractivity contribution >= 4 is 11.3 Å². The second kappa shape index (κ2) is 4.38.